The molecule has 0 aliphatic carbocycles. The van der Waals surface area contributed by atoms with E-state index >= 15 is 0 Å². The van der Waals surface area contributed by atoms with E-state index in [2.05, 4.69) is 10.6 Å². The summed E-state index contributed by atoms with van der Waals surface area (Å²) in [5.74, 6) is -0.344. The topological polar surface area (TPSA) is 58.2 Å². The monoisotopic (exact) mass is 376 g/mol. The fraction of sp³-hybridized carbons (Fsp3) is 0.300. The average molecular weight is 377 g/mol. The van der Waals surface area contributed by atoms with Crippen LogP contribution in [0.2, 0.25) is 0 Å². The van der Waals surface area contributed by atoms with Crippen molar-refractivity contribution in [3.05, 3.63) is 71.0 Å². The summed E-state index contributed by atoms with van der Waals surface area (Å²) in [4.78, 5) is 25.1. The highest BCUT2D eigenvalue weighted by molar-refractivity contribution is 6.15. The Kier molecular flexibility index (Phi) is 7.30. The Morgan fingerprint density at radius 1 is 1.08 bits per heavy atom. The van der Waals surface area contributed by atoms with E-state index in [0.717, 1.165) is 25.9 Å². The van der Waals surface area contributed by atoms with Gasteiger partial charge in [0.25, 0.3) is 5.91 Å². The molecule has 0 saturated carbocycles. The van der Waals surface area contributed by atoms with Crippen molar-refractivity contribution >= 4 is 24.1 Å². The van der Waals surface area contributed by atoms with Crippen molar-refractivity contribution in [2.75, 3.05) is 19.6 Å². The zero-order valence-corrected chi connectivity index (χ0v) is 15.2. The number of hydrogen-bond donors (Lipinski definition) is 2. The number of halogens is 2. The van der Waals surface area contributed by atoms with Crippen LogP contribution in [0.4, 0.5) is 4.39 Å². The van der Waals surface area contributed by atoms with Gasteiger partial charge in [0.15, 0.2) is 5.78 Å². The first kappa shape index (κ1) is 20.1. The third-order valence-electron chi connectivity index (χ3n) is 4.52. The van der Waals surface area contributed by atoms with Gasteiger partial charge in [0.2, 0.25) is 0 Å². The zero-order chi connectivity index (χ0) is 17.6. The van der Waals surface area contributed by atoms with Gasteiger partial charge in [-0.2, -0.15) is 0 Å². The van der Waals surface area contributed by atoms with Crippen LogP contribution in [-0.2, 0) is 0 Å². The molecule has 0 radical (unpaired) electrons. The number of hydrogen-bond acceptors (Lipinski definition) is 3. The molecule has 6 heteroatoms. The number of carbonyl (C=O) groups is 2. The van der Waals surface area contributed by atoms with Crippen molar-refractivity contribution in [3.63, 3.8) is 0 Å². The minimum absolute atomic E-state index is 0. The maximum absolute atomic E-state index is 13.0. The molecule has 4 nitrogen and oxygen atoms in total. The van der Waals surface area contributed by atoms with Crippen LogP contribution in [-0.4, -0.2) is 31.3 Å². The number of nitrogens with one attached hydrogen (secondary N) is 2. The fourth-order valence-corrected chi connectivity index (χ4v) is 3.08. The zero-order valence-electron chi connectivity index (χ0n) is 14.3. The first-order valence-corrected chi connectivity index (χ1v) is 8.53. The number of benzene rings is 2. The molecule has 0 bridgehead atoms. The van der Waals surface area contributed by atoms with Crippen LogP contribution < -0.4 is 10.6 Å². The molecule has 1 atom stereocenters. The van der Waals surface area contributed by atoms with Gasteiger partial charge in [0, 0.05) is 17.7 Å². The molecule has 2 aromatic carbocycles. The van der Waals surface area contributed by atoms with Crippen molar-refractivity contribution in [1.82, 2.24) is 10.6 Å². The van der Waals surface area contributed by atoms with Crippen molar-refractivity contribution in [2.24, 2.45) is 5.92 Å². The van der Waals surface area contributed by atoms with Gasteiger partial charge in [-0.05, 0) is 62.2 Å². The van der Waals surface area contributed by atoms with Crippen LogP contribution >= 0.6 is 12.4 Å². The summed E-state index contributed by atoms with van der Waals surface area (Å²) in [6, 6.07) is 12.1. The van der Waals surface area contributed by atoms with Gasteiger partial charge >= 0.3 is 0 Å². The van der Waals surface area contributed by atoms with Gasteiger partial charge in [-0.1, -0.05) is 18.2 Å². The van der Waals surface area contributed by atoms with Gasteiger partial charge in [-0.25, -0.2) is 4.39 Å². The summed E-state index contributed by atoms with van der Waals surface area (Å²) in [7, 11) is 0. The molecule has 0 aromatic heterocycles. The average Bonchev–Trinajstić information content (AvgIpc) is 3.15. The maximum Gasteiger partial charge on any atom is 0.252 e. The molecule has 0 spiro atoms. The lowest BCUT2D eigenvalue weighted by molar-refractivity contribution is 0.0940. The Morgan fingerprint density at radius 2 is 1.77 bits per heavy atom. The van der Waals surface area contributed by atoms with Crippen molar-refractivity contribution < 1.29 is 14.0 Å². The van der Waals surface area contributed by atoms with E-state index in [4.69, 9.17) is 0 Å². The first-order valence-electron chi connectivity index (χ1n) is 8.53. The second-order valence-corrected chi connectivity index (χ2v) is 6.29. The predicted octanol–water partition coefficient (Wildman–Crippen LogP) is 3.21. The van der Waals surface area contributed by atoms with E-state index < -0.39 is 5.82 Å². The van der Waals surface area contributed by atoms with Gasteiger partial charge in [-0.15, -0.1) is 12.4 Å². The van der Waals surface area contributed by atoms with Crippen LogP contribution in [0.1, 0.15) is 39.1 Å². The van der Waals surface area contributed by atoms with Gasteiger partial charge < -0.3 is 10.6 Å². The molecule has 1 amide bonds. The Hall–Kier alpha value is -2.24. The first-order chi connectivity index (χ1) is 12.1. The SMILES string of the molecule is Cl.O=C(NCCC1CCNC1)c1ccccc1C(=O)c1ccc(F)cc1. The normalized spacial score (nSPS) is 16.0. The third-order valence-corrected chi connectivity index (χ3v) is 4.52. The van der Waals surface area contributed by atoms with Crippen LogP contribution in [0.3, 0.4) is 0 Å². The van der Waals surface area contributed by atoms with E-state index in [0.29, 0.717) is 29.2 Å². The van der Waals surface area contributed by atoms with Crippen LogP contribution in [0.15, 0.2) is 48.5 Å². The van der Waals surface area contributed by atoms with E-state index in [1.807, 2.05) is 0 Å². The molecule has 2 aromatic rings. The van der Waals surface area contributed by atoms with E-state index in [1.54, 1.807) is 24.3 Å². The third kappa shape index (κ3) is 4.90. The molecule has 1 saturated heterocycles. The lowest BCUT2D eigenvalue weighted by Gasteiger charge is -2.11. The van der Waals surface area contributed by atoms with Gasteiger partial charge in [0.05, 0.1) is 5.56 Å². The quantitative estimate of drug-likeness (QED) is 0.761. The van der Waals surface area contributed by atoms with Crippen LogP contribution in [0.25, 0.3) is 0 Å². The van der Waals surface area contributed by atoms with Crippen molar-refractivity contribution in [1.29, 1.82) is 0 Å². The highest BCUT2D eigenvalue weighted by Gasteiger charge is 2.19. The van der Waals surface area contributed by atoms with Gasteiger partial charge in [-0.3, -0.25) is 9.59 Å². The molecule has 1 fully saturated rings. The molecule has 1 unspecified atom stereocenters. The van der Waals surface area contributed by atoms with Crippen molar-refractivity contribution in [3.8, 4) is 0 Å². The number of rotatable bonds is 6. The fourth-order valence-electron chi connectivity index (χ4n) is 3.08. The highest BCUT2D eigenvalue weighted by Crippen LogP contribution is 2.16. The highest BCUT2D eigenvalue weighted by atomic mass is 35.5. The van der Waals surface area contributed by atoms with E-state index in [1.165, 1.54) is 24.3 Å². The largest absolute Gasteiger partial charge is 0.352 e. The lowest BCUT2D eigenvalue weighted by atomic mass is 9.97. The number of amides is 1. The molecular weight excluding hydrogens is 355 g/mol. The summed E-state index contributed by atoms with van der Waals surface area (Å²) in [6.07, 6.45) is 2.06. The summed E-state index contributed by atoms with van der Waals surface area (Å²) >= 11 is 0. The maximum atomic E-state index is 13.0. The second-order valence-electron chi connectivity index (χ2n) is 6.29. The molecule has 138 valence electrons. The summed E-state index contributed by atoms with van der Waals surface area (Å²) < 4.78 is 13.0. The van der Waals surface area contributed by atoms with E-state index in [9.17, 15) is 14.0 Å². The number of ketones is 1. The van der Waals surface area contributed by atoms with E-state index in [-0.39, 0.29) is 24.1 Å². The lowest BCUT2D eigenvalue weighted by Crippen LogP contribution is -2.28. The molecule has 2 N–H and O–H groups in total. The molecule has 3 rings (SSSR count). The summed E-state index contributed by atoms with van der Waals surface area (Å²) in [5, 5.41) is 6.21. The molecule has 1 heterocycles. The summed E-state index contributed by atoms with van der Waals surface area (Å²) in [6.45, 7) is 2.62. The van der Waals surface area contributed by atoms with Crippen LogP contribution in [0, 0.1) is 11.7 Å². The minimum Gasteiger partial charge on any atom is -0.352 e. The molecule has 1 aliphatic rings. The smallest absolute Gasteiger partial charge is 0.252 e. The molecular formula is C20H22ClFN2O2. The Bertz CT molecular complexity index is 759. The van der Waals surface area contributed by atoms with Crippen molar-refractivity contribution in [2.45, 2.75) is 12.8 Å². The summed E-state index contributed by atoms with van der Waals surface area (Å²) in [5.41, 5.74) is 1.04. The second kappa shape index (κ2) is 9.46. The minimum atomic E-state index is -0.399. The van der Waals surface area contributed by atoms with Crippen LogP contribution in [0.5, 0.6) is 0 Å². The Labute approximate surface area is 158 Å². The predicted molar refractivity (Wildman–Crippen MR) is 101 cm³/mol. The molecule has 1 aliphatic heterocycles. The Morgan fingerprint density at radius 3 is 2.42 bits per heavy atom. The Balaban J connectivity index is 0.00000243. The number of carbonyl (C=O) groups excluding carboxylic acids is 2. The molecule has 26 heavy (non-hydrogen) atoms. The van der Waals surface area contributed by atoms with Gasteiger partial charge in [0.1, 0.15) is 5.82 Å². The standard InChI is InChI=1S/C20H21FN2O2.ClH/c21-16-7-5-15(6-8-16)19(24)17-3-1-2-4-18(17)20(25)23-12-10-14-9-11-22-13-14;/h1-8,14,22H,9-13H2,(H,23,25);1H.